The molecule has 3 aromatic rings. The lowest BCUT2D eigenvalue weighted by molar-refractivity contribution is -0.148. The van der Waals surface area contributed by atoms with Gasteiger partial charge in [0.2, 0.25) is 0 Å². The molecule has 0 aliphatic rings. The highest BCUT2D eigenvalue weighted by atomic mass is 35.5. The molecule has 3 aromatic carbocycles. The maximum atomic E-state index is 12.7. The minimum Gasteiger partial charge on any atom is -0.454 e. The van der Waals surface area contributed by atoms with Crippen molar-refractivity contribution in [2.75, 3.05) is 6.61 Å². The third-order valence-electron chi connectivity index (χ3n) is 4.06. The third-order valence-corrected chi connectivity index (χ3v) is 5.56. The van der Waals surface area contributed by atoms with Crippen molar-refractivity contribution in [3.05, 3.63) is 101 Å². The van der Waals surface area contributed by atoms with Gasteiger partial charge in [0.1, 0.15) is 5.25 Å². The third kappa shape index (κ3) is 6.66. The second-order valence-corrected chi connectivity index (χ2v) is 7.85. The summed E-state index contributed by atoms with van der Waals surface area (Å²) in [6.07, 6.45) is 0. The molecule has 0 aliphatic heterocycles. The van der Waals surface area contributed by atoms with E-state index in [0.717, 1.165) is 16.0 Å². The number of halogens is 1. The predicted molar refractivity (Wildman–Crippen MR) is 116 cm³/mol. The van der Waals surface area contributed by atoms with Crippen molar-refractivity contribution in [2.24, 2.45) is 0 Å². The molecule has 0 bridgehead atoms. The van der Waals surface area contributed by atoms with E-state index in [2.05, 4.69) is 5.32 Å². The Morgan fingerprint density at radius 1 is 0.897 bits per heavy atom. The van der Waals surface area contributed by atoms with Crippen LogP contribution in [0.2, 0.25) is 5.02 Å². The molecule has 3 rings (SSSR count). The first-order chi connectivity index (χ1) is 14.1. The summed E-state index contributed by atoms with van der Waals surface area (Å²) in [6.45, 7) is 0.0134. The summed E-state index contributed by atoms with van der Waals surface area (Å²) >= 11 is 7.24. The summed E-state index contributed by atoms with van der Waals surface area (Å²) < 4.78 is 5.31. The predicted octanol–water partition coefficient (Wildman–Crippen LogP) is 5.03. The lowest BCUT2D eigenvalue weighted by atomic mass is 10.1. The SMILES string of the molecule is O=C(COC(=O)[C@@H](Sc1ccccc1)c1ccccc1)NCc1ccc(Cl)cc1. The fourth-order valence-electron chi connectivity index (χ4n) is 2.58. The summed E-state index contributed by atoms with van der Waals surface area (Å²) in [7, 11) is 0. The average molecular weight is 426 g/mol. The molecule has 148 valence electrons. The molecule has 0 heterocycles. The first-order valence-electron chi connectivity index (χ1n) is 9.06. The first-order valence-corrected chi connectivity index (χ1v) is 10.3. The fraction of sp³-hybridized carbons (Fsp3) is 0.130. The molecule has 0 fully saturated rings. The first kappa shape index (κ1) is 21.0. The number of ether oxygens (including phenoxy) is 1. The van der Waals surface area contributed by atoms with Crippen LogP contribution in [0.3, 0.4) is 0 Å². The van der Waals surface area contributed by atoms with E-state index in [1.54, 1.807) is 12.1 Å². The van der Waals surface area contributed by atoms with Gasteiger partial charge < -0.3 is 10.1 Å². The van der Waals surface area contributed by atoms with Crippen molar-refractivity contribution in [2.45, 2.75) is 16.7 Å². The number of carbonyl (C=O) groups excluding carboxylic acids is 2. The molecule has 1 amide bonds. The Morgan fingerprint density at radius 2 is 1.52 bits per heavy atom. The van der Waals surface area contributed by atoms with Gasteiger partial charge >= 0.3 is 5.97 Å². The fourth-order valence-corrected chi connectivity index (χ4v) is 3.75. The summed E-state index contributed by atoms with van der Waals surface area (Å²) in [5.41, 5.74) is 1.74. The molecule has 0 saturated carbocycles. The van der Waals surface area contributed by atoms with Crippen molar-refractivity contribution < 1.29 is 14.3 Å². The molecule has 4 nitrogen and oxygen atoms in total. The molecule has 6 heteroatoms. The van der Waals surface area contributed by atoms with Crippen LogP contribution in [0.15, 0.2) is 89.8 Å². The maximum Gasteiger partial charge on any atom is 0.324 e. The van der Waals surface area contributed by atoms with E-state index < -0.39 is 11.2 Å². The number of benzene rings is 3. The van der Waals surface area contributed by atoms with E-state index in [-0.39, 0.29) is 12.5 Å². The van der Waals surface area contributed by atoms with Crippen LogP contribution < -0.4 is 5.32 Å². The highest BCUT2D eigenvalue weighted by molar-refractivity contribution is 8.00. The Hall–Kier alpha value is -2.76. The monoisotopic (exact) mass is 425 g/mol. The van der Waals surface area contributed by atoms with Crippen LogP contribution in [0.5, 0.6) is 0 Å². The van der Waals surface area contributed by atoms with Gasteiger partial charge in [-0.1, -0.05) is 72.3 Å². The molecule has 0 saturated heterocycles. The van der Waals surface area contributed by atoms with Gasteiger partial charge in [0.15, 0.2) is 6.61 Å². The average Bonchev–Trinajstić information content (AvgIpc) is 2.76. The highest BCUT2D eigenvalue weighted by Crippen LogP contribution is 2.36. The second kappa shape index (κ2) is 10.7. The number of hydrogen-bond acceptors (Lipinski definition) is 4. The Labute approximate surface area is 179 Å². The smallest absolute Gasteiger partial charge is 0.324 e. The van der Waals surface area contributed by atoms with E-state index in [4.69, 9.17) is 16.3 Å². The van der Waals surface area contributed by atoms with Gasteiger partial charge in [0.25, 0.3) is 5.91 Å². The standard InChI is InChI=1S/C23H20ClNO3S/c24-19-13-11-17(12-14-19)15-25-21(26)16-28-23(27)22(18-7-3-1-4-8-18)29-20-9-5-2-6-10-20/h1-14,22H,15-16H2,(H,25,26)/t22-/m0/s1. The van der Waals surface area contributed by atoms with Crippen LogP contribution in [-0.2, 0) is 20.9 Å². The van der Waals surface area contributed by atoms with Gasteiger partial charge in [-0.2, -0.15) is 0 Å². The van der Waals surface area contributed by atoms with Crippen LogP contribution in [0.4, 0.5) is 0 Å². The molecule has 0 radical (unpaired) electrons. The molecule has 0 aromatic heterocycles. The minimum absolute atomic E-state index is 0.328. The molecule has 1 atom stereocenters. The van der Waals surface area contributed by atoms with E-state index in [9.17, 15) is 9.59 Å². The molecule has 0 unspecified atom stereocenters. The normalized spacial score (nSPS) is 11.5. The van der Waals surface area contributed by atoms with Crippen molar-refractivity contribution in [3.63, 3.8) is 0 Å². The Bertz CT molecular complexity index is 933. The summed E-state index contributed by atoms with van der Waals surface area (Å²) in [4.78, 5) is 25.8. The van der Waals surface area contributed by atoms with Crippen LogP contribution in [0, 0.1) is 0 Å². The molecular weight excluding hydrogens is 406 g/mol. The van der Waals surface area contributed by atoms with Crippen molar-refractivity contribution >= 4 is 35.2 Å². The minimum atomic E-state index is -0.553. The summed E-state index contributed by atoms with van der Waals surface area (Å²) in [6, 6.07) is 26.2. The number of thioether (sulfide) groups is 1. The summed E-state index contributed by atoms with van der Waals surface area (Å²) in [5.74, 6) is -0.809. The zero-order valence-corrected chi connectivity index (χ0v) is 17.2. The van der Waals surface area contributed by atoms with Crippen LogP contribution in [0.1, 0.15) is 16.4 Å². The van der Waals surface area contributed by atoms with Gasteiger partial charge in [0.05, 0.1) is 0 Å². The van der Waals surface area contributed by atoms with Gasteiger partial charge in [0, 0.05) is 16.5 Å². The highest BCUT2D eigenvalue weighted by Gasteiger charge is 2.24. The van der Waals surface area contributed by atoms with E-state index in [1.165, 1.54) is 11.8 Å². The topological polar surface area (TPSA) is 55.4 Å². The van der Waals surface area contributed by atoms with E-state index >= 15 is 0 Å². The van der Waals surface area contributed by atoms with Gasteiger partial charge in [-0.15, -0.1) is 11.8 Å². The van der Waals surface area contributed by atoms with Crippen LogP contribution in [0.25, 0.3) is 0 Å². The molecular formula is C23H20ClNO3S. The molecule has 0 aliphatic carbocycles. The van der Waals surface area contributed by atoms with E-state index in [0.29, 0.717) is 11.6 Å². The number of carbonyl (C=O) groups is 2. The number of esters is 1. The van der Waals surface area contributed by atoms with Crippen LogP contribution in [-0.4, -0.2) is 18.5 Å². The van der Waals surface area contributed by atoms with Gasteiger partial charge in [-0.3, -0.25) is 9.59 Å². The van der Waals surface area contributed by atoms with Gasteiger partial charge in [-0.05, 0) is 35.4 Å². The lowest BCUT2D eigenvalue weighted by Gasteiger charge is -2.16. The maximum absolute atomic E-state index is 12.7. The second-order valence-electron chi connectivity index (χ2n) is 6.23. The molecule has 1 N–H and O–H groups in total. The number of amides is 1. The lowest BCUT2D eigenvalue weighted by Crippen LogP contribution is -2.29. The van der Waals surface area contributed by atoms with Gasteiger partial charge in [-0.25, -0.2) is 0 Å². The van der Waals surface area contributed by atoms with Crippen molar-refractivity contribution in [1.29, 1.82) is 0 Å². The quantitative estimate of drug-likeness (QED) is 0.406. The number of rotatable bonds is 8. The number of nitrogens with one attached hydrogen (secondary N) is 1. The summed E-state index contributed by atoms with van der Waals surface area (Å²) in [5, 5.41) is 2.82. The zero-order chi connectivity index (χ0) is 20.5. The largest absolute Gasteiger partial charge is 0.454 e. The Kier molecular flexibility index (Phi) is 7.73. The number of hydrogen-bond donors (Lipinski definition) is 1. The molecule has 0 spiro atoms. The van der Waals surface area contributed by atoms with Crippen molar-refractivity contribution in [3.8, 4) is 0 Å². The Balaban J connectivity index is 1.57. The van der Waals surface area contributed by atoms with Crippen molar-refractivity contribution in [1.82, 2.24) is 5.32 Å². The van der Waals surface area contributed by atoms with Crippen LogP contribution >= 0.6 is 23.4 Å². The zero-order valence-electron chi connectivity index (χ0n) is 15.6. The van der Waals surface area contributed by atoms with E-state index in [1.807, 2.05) is 72.8 Å². The molecule has 29 heavy (non-hydrogen) atoms. The Morgan fingerprint density at radius 3 is 2.17 bits per heavy atom.